The highest BCUT2D eigenvalue weighted by Gasteiger charge is 2.16. The van der Waals surface area contributed by atoms with Gasteiger partial charge in [0, 0.05) is 19.5 Å². The molecule has 80 valence electrons. The van der Waals surface area contributed by atoms with Gasteiger partial charge >= 0.3 is 0 Å². The molecule has 0 bridgehead atoms. The fraction of sp³-hybridized carbons (Fsp3) is 0.333. The molecule has 2 rings (SSSR count). The van der Waals surface area contributed by atoms with E-state index in [1.165, 1.54) is 25.1 Å². The van der Waals surface area contributed by atoms with Gasteiger partial charge in [-0.2, -0.15) is 0 Å². The zero-order valence-electron chi connectivity index (χ0n) is 9.00. The van der Waals surface area contributed by atoms with Crippen molar-refractivity contribution in [3.63, 3.8) is 0 Å². The quantitative estimate of drug-likeness (QED) is 0.659. The summed E-state index contributed by atoms with van der Waals surface area (Å²) in [6, 6.07) is 6.46. The van der Waals surface area contributed by atoms with Crippen molar-refractivity contribution in [1.82, 2.24) is 0 Å². The predicted molar refractivity (Wildman–Crippen MR) is 70.5 cm³/mol. The number of hydrogen-bond donors (Lipinski definition) is 0. The Bertz CT molecular complexity index is 468. The molecular formula is C12H13ClS2. The zero-order valence-corrected chi connectivity index (χ0v) is 11.4. The Morgan fingerprint density at radius 2 is 1.80 bits per heavy atom. The highest BCUT2D eigenvalue weighted by Crippen LogP contribution is 2.37. The van der Waals surface area contributed by atoms with Gasteiger partial charge in [0.25, 0.3) is 0 Å². The minimum atomic E-state index is 0.0219. The number of aryl methyl sites for hydroxylation is 3. The Morgan fingerprint density at radius 1 is 1.07 bits per heavy atom. The first-order valence-electron chi connectivity index (χ1n) is 4.85. The summed E-state index contributed by atoms with van der Waals surface area (Å²) < 4.78 is 0. The second-order valence-electron chi connectivity index (χ2n) is 3.68. The number of halogens is 1. The van der Waals surface area contributed by atoms with E-state index in [4.69, 9.17) is 11.6 Å². The van der Waals surface area contributed by atoms with E-state index in [0.717, 1.165) is 0 Å². The van der Waals surface area contributed by atoms with Gasteiger partial charge in [0.2, 0.25) is 0 Å². The Morgan fingerprint density at radius 3 is 2.27 bits per heavy atom. The van der Waals surface area contributed by atoms with Crippen LogP contribution in [0.15, 0.2) is 18.2 Å². The molecule has 0 N–H and O–H groups in total. The van der Waals surface area contributed by atoms with Gasteiger partial charge < -0.3 is 0 Å². The van der Waals surface area contributed by atoms with Crippen LogP contribution in [0.2, 0.25) is 0 Å². The van der Waals surface area contributed by atoms with Crippen LogP contribution in [0.1, 0.15) is 30.4 Å². The summed E-state index contributed by atoms with van der Waals surface area (Å²) in [6.45, 7) is 6.39. The van der Waals surface area contributed by atoms with Gasteiger partial charge in [-0.15, -0.1) is 34.3 Å². The average molecular weight is 257 g/mol. The van der Waals surface area contributed by atoms with Crippen molar-refractivity contribution in [2.75, 3.05) is 0 Å². The average Bonchev–Trinajstić information content (AvgIpc) is 2.71. The largest absolute Gasteiger partial charge is 0.146 e. The van der Waals surface area contributed by atoms with Crippen LogP contribution >= 0.6 is 34.3 Å². The molecule has 0 spiro atoms. The molecule has 0 nitrogen and oxygen atoms in total. The SMILES string of the molecule is Cc1ccc(C(Cl)c2cc(C)sc2C)s1. The topological polar surface area (TPSA) is 0 Å². The maximum absolute atomic E-state index is 6.48. The maximum Gasteiger partial charge on any atom is 0.0938 e. The summed E-state index contributed by atoms with van der Waals surface area (Å²) in [4.78, 5) is 5.23. The van der Waals surface area contributed by atoms with Gasteiger partial charge in [-0.25, -0.2) is 0 Å². The fourth-order valence-electron chi connectivity index (χ4n) is 1.65. The number of thiophene rings is 2. The summed E-state index contributed by atoms with van der Waals surface area (Å²) in [5.74, 6) is 0. The van der Waals surface area contributed by atoms with Crippen molar-refractivity contribution >= 4 is 34.3 Å². The van der Waals surface area contributed by atoms with Crippen LogP contribution in [0.25, 0.3) is 0 Å². The molecule has 0 saturated carbocycles. The van der Waals surface area contributed by atoms with E-state index in [-0.39, 0.29) is 5.38 Å². The third-order valence-corrected chi connectivity index (χ3v) is 5.01. The molecule has 2 heterocycles. The van der Waals surface area contributed by atoms with Gasteiger partial charge in [-0.3, -0.25) is 0 Å². The smallest absolute Gasteiger partial charge is 0.0938 e. The Kier molecular flexibility index (Phi) is 3.19. The Hall–Kier alpha value is -0.310. The van der Waals surface area contributed by atoms with Crippen LogP contribution in [0.4, 0.5) is 0 Å². The molecule has 1 atom stereocenters. The van der Waals surface area contributed by atoms with Gasteiger partial charge in [0.05, 0.1) is 5.38 Å². The van der Waals surface area contributed by atoms with Gasteiger partial charge in [-0.1, -0.05) is 0 Å². The predicted octanol–water partition coefficient (Wildman–Crippen LogP) is 5.06. The molecule has 2 aromatic rings. The summed E-state index contributed by atoms with van der Waals surface area (Å²) in [5, 5.41) is 0.0219. The lowest BCUT2D eigenvalue weighted by atomic mass is 10.1. The standard InChI is InChI=1S/C12H13ClS2/c1-7-4-5-11(15-7)12(13)10-6-8(2)14-9(10)3/h4-6,12H,1-3H3. The molecule has 0 aliphatic rings. The second kappa shape index (κ2) is 4.28. The molecule has 1 unspecified atom stereocenters. The molecule has 0 aliphatic carbocycles. The van der Waals surface area contributed by atoms with E-state index in [1.807, 2.05) is 11.3 Å². The lowest BCUT2D eigenvalue weighted by molar-refractivity contribution is 1.17. The van der Waals surface area contributed by atoms with Crippen molar-refractivity contribution in [3.05, 3.63) is 43.3 Å². The van der Waals surface area contributed by atoms with Crippen LogP contribution in [0.3, 0.4) is 0 Å². The summed E-state index contributed by atoms with van der Waals surface area (Å²) >= 11 is 10.1. The first-order chi connectivity index (χ1) is 7.08. The normalized spacial score (nSPS) is 13.1. The van der Waals surface area contributed by atoms with Crippen molar-refractivity contribution < 1.29 is 0 Å². The van der Waals surface area contributed by atoms with E-state index in [0.29, 0.717) is 0 Å². The van der Waals surface area contributed by atoms with Crippen LogP contribution < -0.4 is 0 Å². The molecule has 0 saturated heterocycles. The monoisotopic (exact) mass is 256 g/mol. The van der Waals surface area contributed by atoms with Crippen LogP contribution in [0.5, 0.6) is 0 Å². The van der Waals surface area contributed by atoms with E-state index in [2.05, 4.69) is 39.0 Å². The third-order valence-electron chi connectivity index (χ3n) is 2.36. The number of hydrogen-bond acceptors (Lipinski definition) is 2. The van der Waals surface area contributed by atoms with Crippen molar-refractivity contribution in [3.8, 4) is 0 Å². The van der Waals surface area contributed by atoms with Crippen molar-refractivity contribution in [2.24, 2.45) is 0 Å². The molecule has 0 aromatic carbocycles. The molecule has 2 aromatic heterocycles. The molecule has 15 heavy (non-hydrogen) atoms. The van der Waals surface area contributed by atoms with E-state index in [1.54, 1.807) is 11.3 Å². The van der Waals surface area contributed by atoms with E-state index >= 15 is 0 Å². The molecule has 0 aliphatic heterocycles. The lowest BCUT2D eigenvalue weighted by Gasteiger charge is -2.06. The number of alkyl halides is 1. The minimum Gasteiger partial charge on any atom is -0.146 e. The highest BCUT2D eigenvalue weighted by atomic mass is 35.5. The number of rotatable bonds is 2. The van der Waals surface area contributed by atoms with Gasteiger partial charge in [0.15, 0.2) is 0 Å². The third kappa shape index (κ3) is 2.27. The van der Waals surface area contributed by atoms with Crippen LogP contribution in [0, 0.1) is 20.8 Å². The minimum absolute atomic E-state index is 0.0219. The van der Waals surface area contributed by atoms with Crippen molar-refractivity contribution in [2.45, 2.75) is 26.1 Å². The first kappa shape index (κ1) is 11.2. The van der Waals surface area contributed by atoms with Crippen molar-refractivity contribution in [1.29, 1.82) is 0 Å². The molecule has 0 radical (unpaired) electrons. The van der Waals surface area contributed by atoms with E-state index < -0.39 is 0 Å². The maximum atomic E-state index is 6.48. The Balaban J connectivity index is 2.35. The lowest BCUT2D eigenvalue weighted by Crippen LogP contribution is -1.89. The van der Waals surface area contributed by atoms with Crippen LogP contribution in [-0.4, -0.2) is 0 Å². The molecule has 0 amide bonds. The van der Waals surface area contributed by atoms with Gasteiger partial charge in [-0.05, 0) is 44.5 Å². The zero-order chi connectivity index (χ0) is 11.0. The fourth-order valence-corrected chi connectivity index (χ4v) is 3.98. The summed E-state index contributed by atoms with van der Waals surface area (Å²) in [7, 11) is 0. The van der Waals surface area contributed by atoms with Gasteiger partial charge in [0.1, 0.15) is 0 Å². The Labute approximate surface area is 104 Å². The summed E-state index contributed by atoms with van der Waals surface area (Å²) in [6.07, 6.45) is 0. The van der Waals surface area contributed by atoms with Crippen LogP contribution in [-0.2, 0) is 0 Å². The highest BCUT2D eigenvalue weighted by molar-refractivity contribution is 7.13. The van der Waals surface area contributed by atoms with E-state index in [9.17, 15) is 0 Å². The summed E-state index contributed by atoms with van der Waals surface area (Å²) in [5.41, 5.74) is 1.26. The second-order valence-corrected chi connectivity index (χ2v) is 6.90. The molecular weight excluding hydrogens is 244 g/mol. The molecule has 3 heteroatoms. The molecule has 0 fully saturated rings. The first-order valence-corrected chi connectivity index (χ1v) is 6.92.